The predicted octanol–water partition coefficient (Wildman–Crippen LogP) is 2.97. The standard InChI is InChI=1S/C15H24ClNO2/c1-4-19-15-12(5-11(8-17)9-18)6-13(16)7-14(15)10(2)3/h6-7,10-11,18H,4-5,8-9,17H2,1-3H3. The quantitative estimate of drug-likeness (QED) is 0.810. The highest BCUT2D eigenvalue weighted by atomic mass is 35.5. The minimum atomic E-state index is 0.0395. The maximum Gasteiger partial charge on any atom is 0.126 e. The first kappa shape index (κ1) is 16.3. The number of aliphatic hydroxyl groups is 1. The van der Waals surface area contributed by atoms with Crippen molar-refractivity contribution in [2.45, 2.75) is 33.1 Å². The second kappa shape index (κ2) is 7.73. The average Bonchev–Trinajstić information content (AvgIpc) is 2.38. The van der Waals surface area contributed by atoms with Crippen LogP contribution < -0.4 is 10.5 Å². The van der Waals surface area contributed by atoms with Gasteiger partial charge in [-0.25, -0.2) is 0 Å². The second-order valence-corrected chi connectivity index (χ2v) is 5.50. The van der Waals surface area contributed by atoms with Crippen molar-refractivity contribution in [1.82, 2.24) is 0 Å². The molecule has 3 N–H and O–H groups in total. The first-order valence-electron chi connectivity index (χ1n) is 6.79. The molecule has 0 amide bonds. The number of hydrogen-bond acceptors (Lipinski definition) is 3. The van der Waals surface area contributed by atoms with Crippen molar-refractivity contribution in [3.63, 3.8) is 0 Å². The van der Waals surface area contributed by atoms with Crippen LogP contribution in [-0.2, 0) is 6.42 Å². The van der Waals surface area contributed by atoms with Gasteiger partial charge in [-0.3, -0.25) is 0 Å². The lowest BCUT2D eigenvalue weighted by Gasteiger charge is -2.20. The highest BCUT2D eigenvalue weighted by Gasteiger charge is 2.17. The lowest BCUT2D eigenvalue weighted by atomic mass is 9.93. The van der Waals surface area contributed by atoms with Crippen LogP contribution in [0.4, 0.5) is 0 Å². The Hall–Kier alpha value is -0.770. The number of aliphatic hydroxyl groups excluding tert-OH is 1. The molecule has 108 valence electrons. The predicted molar refractivity (Wildman–Crippen MR) is 80.0 cm³/mol. The largest absolute Gasteiger partial charge is 0.493 e. The van der Waals surface area contributed by atoms with E-state index in [0.29, 0.717) is 30.5 Å². The number of benzene rings is 1. The molecule has 1 unspecified atom stereocenters. The van der Waals surface area contributed by atoms with Gasteiger partial charge in [0.05, 0.1) is 6.61 Å². The van der Waals surface area contributed by atoms with Gasteiger partial charge in [0.15, 0.2) is 0 Å². The summed E-state index contributed by atoms with van der Waals surface area (Å²) >= 11 is 6.19. The molecule has 0 saturated heterocycles. The van der Waals surface area contributed by atoms with E-state index >= 15 is 0 Å². The molecule has 0 fully saturated rings. The molecule has 0 bridgehead atoms. The normalized spacial score (nSPS) is 12.8. The van der Waals surface area contributed by atoms with E-state index < -0.39 is 0 Å². The lowest BCUT2D eigenvalue weighted by Crippen LogP contribution is -2.21. The van der Waals surface area contributed by atoms with Crippen LogP contribution in [0.2, 0.25) is 5.02 Å². The van der Waals surface area contributed by atoms with Crippen molar-refractivity contribution in [2.75, 3.05) is 19.8 Å². The van der Waals surface area contributed by atoms with Crippen LogP contribution >= 0.6 is 11.6 Å². The van der Waals surface area contributed by atoms with Gasteiger partial charge in [-0.2, -0.15) is 0 Å². The van der Waals surface area contributed by atoms with Crippen LogP contribution in [-0.4, -0.2) is 24.9 Å². The SMILES string of the molecule is CCOc1c(CC(CN)CO)cc(Cl)cc1C(C)C. The number of rotatable bonds is 7. The van der Waals surface area contributed by atoms with Gasteiger partial charge in [0.25, 0.3) is 0 Å². The minimum Gasteiger partial charge on any atom is -0.493 e. The fourth-order valence-corrected chi connectivity index (χ4v) is 2.36. The summed E-state index contributed by atoms with van der Waals surface area (Å²) < 4.78 is 5.79. The summed E-state index contributed by atoms with van der Waals surface area (Å²) in [5.74, 6) is 1.27. The highest BCUT2D eigenvalue weighted by Crippen LogP contribution is 2.34. The maximum absolute atomic E-state index is 9.30. The third-order valence-electron chi connectivity index (χ3n) is 3.17. The molecular formula is C15H24ClNO2. The Morgan fingerprint density at radius 1 is 1.37 bits per heavy atom. The maximum atomic E-state index is 9.30. The van der Waals surface area contributed by atoms with Crippen molar-refractivity contribution in [3.05, 3.63) is 28.3 Å². The minimum absolute atomic E-state index is 0.0395. The van der Waals surface area contributed by atoms with Crippen LogP contribution in [0, 0.1) is 5.92 Å². The van der Waals surface area contributed by atoms with E-state index in [1.807, 2.05) is 19.1 Å². The molecule has 0 radical (unpaired) electrons. The summed E-state index contributed by atoms with van der Waals surface area (Å²) in [5.41, 5.74) is 7.80. The molecule has 1 rings (SSSR count). The fraction of sp³-hybridized carbons (Fsp3) is 0.600. The van der Waals surface area contributed by atoms with Gasteiger partial charge >= 0.3 is 0 Å². The molecule has 0 spiro atoms. The van der Waals surface area contributed by atoms with E-state index in [9.17, 15) is 5.11 Å². The van der Waals surface area contributed by atoms with E-state index in [0.717, 1.165) is 16.9 Å². The summed E-state index contributed by atoms with van der Waals surface area (Å²) in [6.07, 6.45) is 0.683. The van der Waals surface area contributed by atoms with Crippen molar-refractivity contribution < 1.29 is 9.84 Å². The van der Waals surface area contributed by atoms with E-state index in [4.69, 9.17) is 22.1 Å². The lowest BCUT2D eigenvalue weighted by molar-refractivity contribution is 0.228. The van der Waals surface area contributed by atoms with E-state index in [-0.39, 0.29) is 12.5 Å². The molecular weight excluding hydrogens is 262 g/mol. The molecule has 19 heavy (non-hydrogen) atoms. The van der Waals surface area contributed by atoms with Crippen molar-refractivity contribution in [3.8, 4) is 5.75 Å². The molecule has 4 heteroatoms. The average molecular weight is 286 g/mol. The van der Waals surface area contributed by atoms with E-state index in [1.54, 1.807) is 0 Å². The van der Waals surface area contributed by atoms with Crippen LogP contribution in [0.5, 0.6) is 5.75 Å². The van der Waals surface area contributed by atoms with Crippen LogP contribution in [0.25, 0.3) is 0 Å². The third-order valence-corrected chi connectivity index (χ3v) is 3.39. The third kappa shape index (κ3) is 4.37. The van der Waals surface area contributed by atoms with Crippen molar-refractivity contribution in [2.24, 2.45) is 11.7 Å². The van der Waals surface area contributed by atoms with Crippen LogP contribution in [0.3, 0.4) is 0 Å². The summed E-state index contributed by atoms with van der Waals surface area (Å²) in [4.78, 5) is 0. The molecule has 1 atom stereocenters. The van der Waals surface area contributed by atoms with Gasteiger partial charge in [0, 0.05) is 11.6 Å². The van der Waals surface area contributed by atoms with Crippen LogP contribution in [0.1, 0.15) is 37.8 Å². The van der Waals surface area contributed by atoms with Gasteiger partial charge in [-0.1, -0.05) is 25.4 Å². The number of nitrogens with two attached hydrogens (primary N) is 1. The van der Waals surface area contributed by atoms with E-state index in [1.165, 1.54) is 0 Å². The Morgan fingerprint density at radius 2 is 2.05 bits per heavy atom. The molecule has 0 aliphatic heterocycles. The molecule has 1 aromatic carbocycles. The summed E-state index contributed by atoms with van der Waals surface area (Å²) in [6, 6.07) is 3.87. The van der Waals surface area contributed by atoms with Crippen LogP contribution in [0.15, 0.2) is 12.1 Å². The van der Waals surface area contributed by atoms with E-state index in [2.05, 4.69) is 13.8 Å². The first-order chi connectivity index (χ1) is 9.03. The topological polar surface area (TPSA) is 55.5 Å². The molecule has 3 nitrogen and oxygen atoms in total. The summed E-state index contributed by atoms with van der Waals surface area (Å²) in [7, 11) is 0. The Labute approximate surface area is 120 Å². The number of hydrogen-bond donors (Lipinski definition) is 2. The number of halogens is 1. The highest BCUT2D eigenvalue weighted by molar-refractivity contribution is 6.30. The number of ether oxygens (including phenoxy) is 1. The zero-order valence-electron chi connectivity index (χ0n) is 11.9. The van der Waals surface area contributed by atoms with Gasteiger partial charge < -0.3 is 15.6 Å². The van der Waals surface area contributed by atoms with Crippen molar-refractivity contribution in [1.29, 1.82) is 0 Å². The Bertz CT molecular complexity index is 403. The molecule has 0 saturated carbocycles. The smallest absolute Gasteiger partial charge is 0.126 e. The summed E-state index contributed by atoms with van der Waals surface area (Å²) in [5, 5.41) is 10.0. The summed E-state index contributed by atoms with van der Waals surface area (Å²) in [6.45, 7) is 7.34. The second-order valence-electron chi connectivity index (χ2n) is 5.06. The Morgan fingerprint density at radius 3 is 2.53 bits per heavy atom. The van der Waals surface area contributed by atoms with Crippen molar-refractivity contribution >= 4 is 11.6 Å². The molecule has 0 aliphatic rings. The molecule has 0 aliphatic carbocycles. The zero-order valence-corrected chi connectivity index (χ0v) is 12.7. The van der Waals surface area contributed by atoms with Gasteiger partial charge in [0.2, 0.25) is 0 Å². The fourth-order valence-electron chi connectivity index (χ4n) is 2.11. The Kier molecular flexibility index (Phi) is 6.63. The monoisotopic (exact) mass is 285 g/mol. The molecule has 0 heterocycles. The molecule has 0 aromatic heterocycles. The van der Waals surface area contributed by atoms with Gasteiger partial charge in [-0.05, 0) is 55.0 Å². The van der Waals surface area contributed by atoms with Gasteiger partial charge in [-0.15, -0.1) is 0 Å². The Balaban J connectivity index is 3.19. The zero-order chi connectivity index (χ0) is 14.4. The first-order valence-corrected chi connectivity index (χ1v) is 7.17. The van der Waals surface area contributed by atoms with Gasteiger partial charge in [0.1, 0.15) is 5.75 Å². The molecule has 1 aromatic rings.